The van der Waals surface area contributed by atoms with Gasteiger partial charge in [-0.05, 0) is 18.4 Å². The lowest BCUT2D eigenvalue weighted by Gasteiger charge is -2.31. The molecule has 1 atom stereocenters. The zero-order valence-corrected chi connectivity index (χ0v) is 12.7. The Labute approximate surface area is 127 Å². The molecule has 0 bridgehead atoms. The summed E-state index contributed by atoms with van der Waals surface area (Å²) in [4.78, 5) is 19.4. The fraction of sp³-hybridized carbons (Fsp3) is 0.500. The summed E-state index contributed by atoms with van der Waals surface area (Å²) in [6, 6.07) is 4.26. The van der Waals surface area contributed by atoms with Crippen LogP contribution in [-0.4, -0.2) is 46.6 Å². The maximum atomic E-state index is 12.2. The van der Waals surface area contributed by atoms with Crippen molar-refractivity contribution in [2.75, 3.05) is 19.6 Å². The molecule has 0 spiro atoms. The van der Waals surface area contributed by atoms with Gasteiger partial charge in [-0.2, -0.15) is 4.98 Å². The minimum Gasteiger partial charge on any atom is -0.340 e. The van der Waals surface area contributed by atoms with Gasteiger partial charge in [0, 0.05) is 38.5 Å². The second kappa shape index (κ2) is 6.36. The normalized spacial score (nSPS) is 18.9. The number of carbonyl (C=O) groups excluding carboxylic acids is 1. The van der Waals surface area contributed by atoms with Crippen LogP contribution in [0.3, 0.4) is 0 Å². The first-order valence-corrected chi connectivity index (χ1v) is 7.98. The molecule has 21 heavy (non-hydrogen) atoms. The third kappa shape index (κ3) is 3.48. The van der Waals surface area contributed by atoms with Crippen molar-refractivity contribution in [3.8, 4) is 10.7 Å². The Morgan fingerprint density at radius 2 is 2.52 bits per heavy atom. The number of aryl methyl sites for hydroxylation is 1. The first-order valence-electron chi connectivity index (χ1n) is 7.10. The molecule has 2 aromatic rings. The van der Waals surface area contributed by atoms with Gasteiger partial charge in [0.1, 0.15) is 0 Å². The summed E-state index contributed by atoms with van der Waals surface area (Å²) in [6.07, 6.45) is 0.911. The van der Waals surface area contributed by atoms with E-state index in [0.29, 0.717) is 30.6 Å². The highest BCUT2D eigenvalue weighted by Gasteiger charge is 2.21. The Morgan fingerprint density at radius 3 is 3.29 bits per heavy atom. The molecule has 1 aliphatic heterocycles. The summed E-state index contributed by atoms with van der Waals surface area (Å²) in [5, 5.41) is 9.25. The van der Waals surface area contributed by atoms with E-state index >= 15 is 0 Å². The number of hydrogen-bond donors (Lipinski definition) is 1. The molecule has 112 valence electrons. The Kier molecular flexibility index (Phi) is 4.31. The van der Waals surface area contributed by atoms with E-state index in [-0.39, 0.29) is 5.91 Å². The van der Waals surface area contributed by atoms with E-state index in [4.69, 9.17) is 4.52 Å². The topological polar surface area (TPSA) is 71.3 Å². The van der Waals surface area contributed by atoms with Gasteiger partial charge in [0.25, 0.3) is 0 Å². The highest BCUT2D eigenvalue weighted by molar-refractivity contribution is 7.13. The van der Waals surface area contributed by atoms with Gasteiger partial charge < -0.3 is 14.7 Å². The average Bonchev–Trinajstić information content (AvgIpc) is 3.15. The van der Waals surface area contributed by atoms with Gasteiger partial charge in [-0.25, -0.2) is 0 Å². The van der Waals surface area contributed by atoms with Crippen LogP contribution in [0.2, 0.25) is 0 Å². The predicted octanol–water partition coefficient (Wildman–Crippen LogP) is 1.55. The molecule has 6 nitrogen and oxygen atoms in total. The van der Waals surface area contributed by atoms with Crippen LogP contribution in [0.1, 0.15) is 19.2 Å². The van der Waals surface area contributed by atoms with E-state index in [2.05, 4.69) is 22.4 Å². The first kappa shape index (κ1) is 14.2. The molecule has 7 heteroatoms. The summed E-state index contributed by atoms with van der Waals surface area (Å²) in [5.74, 6) is 1.28. The fourth-order valence-electron chi connectivity index (χ4n) is 2.39. The molecule has 0 aromatic carbocycles. The number of hydrogen-bond acceptors (Lipinski definition) is 6. The molecule has 2 aromatic heterocycles. The Hall–Kier alpha value is -1.73. The van der Waals surface area contributed by atoms with E-state index in [1.54, 1.807) is 11.3 Å². The Morgan fingerprint density at radius 1 is 1.62 bits per heavy atom. The molecule has 1 fully saturated rings. The van der Waals surface area contributed by atoms with Crippen LogP contribution in [0.4, 0.5) is 0 Å². The van der Waals surface area contributed by atoms with Crippen LogP contribution >= 0.6 is 11.3 Å². The van der Waals surface area contributed by atoms with E-state index in [1.165, 1.54) is 0 Å². The van der Waals surface area contributed by atoms with E-state index in [9.17, 15) is 4.79 Å². The first-order chi connectivity index (χ1) is 10.2. The van der Waals surface area contributed by atoms with E-state index in [0.717, 1.165) is 24.5 Å². The van der Waals surface area contributed by atoms with Crippen molar-refractivity contribution in [1.82, 2.24) is 20.4 Å². The van der Waals surface area contributed by atoms with Gasteiger partial charge >= 0.3 is 0 Å². The van der Waals surface area contributed by atoms with Crippen molar-refractivity contribution in [2.45, 2.75) is 25.8 Å². The third-order valence-corrected chi connectivity index (χ3v) is 4.35. The number of thiophene rings is 1. The number of rotatable bonds is 4. The molecule has 1 saturated heterocycles. The maximum Gasteiger partial charge on any atom is 0.227 e. The average molecular weight is 306 g/mol. The van der Waals surface area contributed by atoms with Crippen LogP contribution in [-0.2, 0) is 11.2 Å². The zero-order valence-electron chi connectivity index (χ0n) is 11.9. The molecular formula is C14H18N4O2S. The highest BCUT2D eigenvalue weighted by atomic mass is 32.1. The van der Waals surface area contributed by atoms with Gasteiger partial charge in [0.15, 0.2) is 0 Å². The maximum absolute atomic E-state index is 12.2. The molecule has 3 rings (SSSR count). The van der Waals surface area contributed by atoms with Crippen LogP contribution in [0.25, 0.3) is 10.7 Å². The second-order valence-corrected chi connectivity index (χ2v) is 6.13. The Balaban J connectivity index is 1.54. The number of nitrogens with zero attached hydrogens (tertiary/aromatic N) is 3. The number of amides is 1. The monoisotopic (exact) mass is 306 g/mol. The molecule has 0 saturated carbocycles. The summed E-state index contributed by atoms with van der Waals surface area (Å²) in [5.41, 5.74) is 0. The fourth-order valence-corrected chi connectivity index (χ4v) is 3.04. The molecule has 0 radical (unpaired) electrons. The van der Waals surface area contributed by atoms with Gasteiger partial charge in [-0.15, -0.1) is 11.3 Å². The molecule has 3 heterocycles. The molecule has 1 unspecified atom stereocenters. The number of aromatic nitrogens is 2. The third-order valence-electron chi connectivity index (χ3n) is 3.48. The van der Waals surface area contributed by atoms with Crippen molar-refractivity contribution in [3.63, 3.8) is 0 Å². The van der Waals surface area contributed by atoms with Gasteiger partial charge in [0.05, 0.1) is 4.88 Å². The summed E-state index contributed by atoms with van der Waals surface area (Å²) in [6.45, 7) is 4.48. The molecule has 0 aliphatic carbocycles. The van der Waals surface area contributed by atoms with E-state index < -0.39 is 0 Å². The van der Waals surface area contributed by atoms with Crippen molar-refractivity contribution >= 4 is 17.2 Å². The quantitative estimate of drug-likeness (QED) is 0.928. The lowest BCUT2D eigenvalue weighted by molar-refractivity contribution is -0.132. The number of carbonyl (C=O) groups is 1. The van der Waals surface area contributed by atoms with Crippen molar-refractivity contribution in [1.29, 1.82) is 0 Å². The van der Waals surface area contributed by atoms with Crippen molar-refractivity contribution in [2.24, 2.45) is 0 Å². The number of nitrogens with one attached hydrogen (secondary N) is 1. The van der Waals surface area contributed by atoms with Crippen LogP contribution in [0.5, 0.6) is 0 Å². The molecular weight excluding hydrogens is 288 g/mol. The second-order valence-electron chi connectivity index (χ2n) is 5.18. The standard InChI is InChI=1S/C14H18N4O2S/c1-10-9-18(7-6-15-10)13(19)5-4-12-16-14(17-20-12)11-3-2-8-21-11/h2-3,8,10,15H,4-7,9H2,1H3. The molecule has 1 aliphatic rings. The van der Waals surface area contributed by atoms with E-state index in [1.807, 2.05) is 22.4 Å². The largest absolute Gasteiger partial charge is 0.340 e. The number of piperazine rings is 1. The van der Waals surface area contributed by atoms with Gasteiger partial charge in [-0.1, -0.05) is 11.2 Å². The minimum absolute atomic E-state index is 0.152. The molecule has 1 amide bonds. The predicted molar refractivity (Wildman–Crippen MR) is 80.0 cm³/mol. The summed E-state index contributed by atoms with van der Waals surface area (Å²) >= 11 is 1.57. The Bertz CT molecular complexity index is 596. The lowest BCUT2D eigenvalue weighted by Crippen LogP contribution is -2.51. The summed E-state index contributed by atoms with van der Waals surface area (Å²) < 4.78 is 5.21. The summed E-state index contributed by atoms with van der Waals surface area (Å²) in [7, 11) is 0. The zero-order chi connectivity index (χ0) is 14.7. The van der Waals surface area contributed by atoms with Crippen LogP contribution in [0.15, 0.2) is 22.0 Å². The van der Waals surface area contributed by atoms with Crippen LogP contribution < -0.4 is 5.32 Å². The van der Waals surface area contributed by atoms with Crippen molar-refractivity contribution in [3.05, 3.63) is 23.4 Å². The van der Waals surface area contributed by atoms with Gasteiger partial charge in [0.2, 0.25) is 17.6 Å². The smallest absolute Gasteiger partial charge is 0.227 e. The van der Waals surface area contributed by atoms with Crippen molar-refractivity contribution < 1.29 is 9.32 Å². The van der Waals surface area contributed by atoms with Gasteiger partial charge in [-0.3, -0.25) is 4.79 Å². The van der Waals surface area contributed by atoms with Crippen LogP contribution in [0, 0.1) is 0 Å². The molecule has 1 N–H and O–H groups in total. The minimum atomic E-state index is 0.152. The SMILES string of the molecule is CC1CN(C(=O)CCc2nc(-c3cccs3)no2)CCN1. The highest BCUT2D eigenvalue weighted by Crippen LogP contribution is 2.21. The lowest BCUT2D eigenvalue weighted by atomic mass is 10.2.